The predicted octanol–water partition coefficient (Wildman–Crippen LogP) is 5.19. The van der Waals surface area contributed by atoms with Crippen molar-refractivity contribution < 1.29 is 9.53 Å². The lowest BCUT2D eigenvalue weighted by atomic mass is 10.1. The number of nitrogens with zero attached hydrogens (tertiary/aromatic N) is 4. The molecule has 1 aliphatic rings. The summed E-state index contributed by atoms with van der Waals surface area (Å²) in [5, 5.41) is 7.80. The number of rotatable bonds is 9. The average molecular weight is 486 g/mol. The van der Waals surface area contributed by atoms with Crippen molar-refractivity contribution in [3.63, 3.8) is 0 Å². The van der Waals surface area contributed by atoms with Crippen LogP contribution >= 0.6 is 0 Å². The largest absolute Gasteiger partial charge is 0.457 e. The van der Waals surface area contributed by atoms with Crippen molar-refractivity contribution in [3.05, 3.63) is 72.8 Å². The Labute approximate surface area is 210 Å². The van der Waals surface area contributed by atoms with Crippen molar-refractivity contribution >= 4 is 29.0 Å². The van der Waals surface area contributed by atoms with Gasteiger partial charge in [0, 0.05) is 30.8 Å². The number of hydrazone groups is 1. The normalized spacial score (nSPS) is 14.3. The molecule has 1 saturated heterocycles. The number of aromatic amines is 1. The fourth-order valence-corrected chi connectivity index (χ4v) is 4.47. The summed E-state index contributed by atoms with van der Waals surface area (Å²) >= 11 is 0. The van der Waals surface area contributed by atoms with Gasteiger partial charge in [-0.15, -0.1) is 0 Å². The number of carbonyl (C=O) groups is 1. The molecule has 5 rings (SSSR count). The molecule has 0 aliphatic carbocycles. The minimum Gasteiger partial charge on any atom is -0.457 e. The topological polar surface area (TPSA) is 99.6 Å². The van der Waals surface area contributed by atoms with Crippen LogP contribution in [-0.4, -0.2) is 51.3 Å². The third-order valence-corrected chi connectivity index (χ3v) is 6.31. The Balaban J connectivity index is 1.08. The first-order valence-corrected chi connectivity index (χ1v) is 12.4. The van der Waals surface area contributed by atoms with Gasteiger partial charge in [-0.25, -0.2) is 15.2 Å². The van der Waals surface area contributed by atoms with E-state index in [1.165, 1.54) is 32.4 Å². The lowest BCUT2D eigenvalue weighted by Gasteiger charge is -2.26. The Hall–Kier alpha value is -4.11. The maximum Gasteiger partial charge on any atom is 0.339 e. The van der Waals surface area contributed by atoms with E-state index in [2.05, 4.69) is 35.3 Å². The number of nitrogens with one attached hydrogen (secondary N) is 3. The van der Waals surface area contributed by atoms with Crippen molar-refractivity contribution in [2.24, 2.45) is 5.10 Å². The van der Waals surface area contributed by atoms with Crippen LogP contribution in [0.1, 0.15) is 31.4 Å². The second-order valence-electron chi connectivity index (χ2n) is 8.88. The SMILES string of the molecule is O=C(N/N=C/c1cccn1CCCN1CCCCC1)Nc1ccc(Oc2ccnc3[nH]ccc23)cc1. The number of aromatic nitrogens is 3. The number of aryl methyl sites for hydroxylation is 1. The fourth-order valence-electron chi connectivity index (χ4n) is 4.47. The highest BCUT2D eigenvalue weighted by molar-refractivity contribution is 5.90. The van der Waals surface area contributed by atoms with Gasteiger partial charge in [0.25, 0.3) is 0 Å². The van der Waals surface area contributed by atoms with Crippen LogP contribution in [0.4, 0.5) is 10.5 Å². The van der Waals surface area contributed by atoms with E-state index in [9.17, 15) is 4.79 Å². The zero-order valence-electron chi connectivity index (χ0n) is 20.2. The maximum atomic E-state index is 12.3. The molecule has 186 valence electrons. The summed E-state index contributed by atoms with van der Waals surface area (Å²) in [6, 6.07) is 14.5. The van der Waals surface area contributed by atoms with Gasteiger partial charge in [-0.2, -0.15) is 5.10 Å². The lowest BCUT2D eigenvalue weighted by molar-refractivity contribution is 0.223. The third kappa shape index (κ3) is 6.11. The number of anilines is 1. The number of fused-ring (bicyclic) bond motifs is 1. The van der Waals surface area contributed by atoms with Crippen LogP contribution in [-0.2, 0) is 6.54 Å². The number of likely N-dealkylation sites (tertiary alicyclic amines) is 1. The highest BCUT2D eigenvalue weighted by Crippen LogP contribution is 2.28. The zero-order valence-corrected chi connectivity index (χ0v) is 20.2. The molecule has 0 spiro atoms. The standard InChI is InChI=1S/C27H31N7O2/c35-27(32-30-20-22-6-4-18-34(22)19-5-17-33-15-2-1-3-16-33)31-21-7-9-23(10-8-21)36-25-12-14-29-26-24(25)11-13-28-26/h4,6-14,18,20H,1-3,5,15-17,19H2,(H,28,29)(H2,31,32,35)/b30-20+. The van der Waals surface area contributed by atoms with E-state index in [1.54, 1.807) is 36.7 Å². The van der Waals surface area contributed by atoms with Crippen molar-refractivity contribution in [1.29, 1.82) is 0 Å². The van der Waals surface area contributed by atoms with Crippen LogP contribution in [0.2, 0.25) is 0 Å². The van der Waals surface area contributed by atoms with Gasteiger partial charge in [-0.05, 0) is 87.4 Å². The van der Waals surface area contributed by atoms with E-state index in [0.717, 1.165) is 36.2 Å². The molecular formula is C27H31N7O2. The van der Waals surface area contributed by atoms with Crippen LogP contribution in [0.15, 0.2) is 72.2 Å². The van der Waals surface area contributed by atoms with E-state index in [4.69, 9.17) is 4.74 Å². The molecule has 9 heteroatoms. The van der Waals surface area contributed by atoms with Crippen molar-refractivity contribution in [3.8, 4) is 11.5 Å². The third-order valence-electron chi connectivity index (χ3n) is 6.31. The lowest BCUT2D eigenvalue weighted by Crippen LogP contribution is -2.31. The first kappa shape index (κ1) is 23.6. The number of hydrogen-bond acceptors (Lipinski definition) is 5. The first-order chi connectivity index (χ1) is 17.7. The number of carbonyl (C=O) groups excluding carboxylic acids is 1. The summed E-state index contributed by atoms with van der Waals surface area (Å²) in [4.78, 5) is 22.2. The number of hydrogen-bond donors (Lipinski definition) is 3. The molecule has 9 nitrogen and oxygen atoms in total. The van der Waals surface area contributed by atoms with E-state index in [-0.39, 0.29) is 0 Å². The molecule has 1 aromatic carbocycles. The highest BCUT2D eigenvalue weighted by Gasteiger charge is 2.10. The number of urea groups is 1. The average Bonchev–Trinajstić information content (AvgIpc) is 3.56. The van der Waals surface area contributed by atoms with Crippen LogP contribution < -0.4 is 15.5 Å². The molecule has 0 saturated carbocycles. The van der Waals surface area contributed by atoms with Crippen LogP contribution in [0.25, 0.3) is 11.0 Å². The summed E-state index contributed by atoms with van der Waals surface area (Å²) < 4.78 is 8.14. The van der Waals surface area contributed by atoms with Gasteiger partial charge < -0.3 is 24.5 Å². The Bertz CT molecular complexity index is 1300. The molecule has 3 aromatic heterocycles. The Morgan fingerprint density at radius 3 is 2.81 bits per heavy atom. The van der Waals surface area contributed by atoms with Crippen molar-refractivity contribution in [2.75, 3.05) is 25.0 Å². The number of H-pyrrole nitrogens is 1. The van der Waals surface area contributed by atoms with Crippen molar-refractivity contribution in [1.82, 2.24) is 24.9 Å². The smallest absolute Gasteiger partial charge is 0.339 e. The van der Waals surface area contributed by atoms with Gasteiger partial charge in [-0.3, -0.25) is 0 Å². The van der Waals surface area contributed by atoms with Gasteiger partial charge >= 0.3 is 6.03 Å². The molecule has 0 unspecified atom stereocenters. The summed E-state index contributed by atoms with van der Waals surface area (Å²) in [7, 11) is 0. The molecule has 0 bridgehead atoms. The molecule has 3 N–H and O–H groups in total. The summed E-state index contributed by atoms with van der Waals surface area (Å²) in [6.45, 7) is 4.49. The zero-order chi connectivity index (χ0) is 24.6. The van der Waals surface area contributed by atoms with Gasteiger partial charge in [0.1, 0.15) is 17.1 Å². The van der Waals surface area contributed by atoms with Gasteiger partial charge in [0.15, 0.2) is 0 Å². The predicted molar refractivity (Wildman–Crippen MR) is 142 cm³/mol. The monoisotopic (exact) mass is 485 g/mol. The molecule has 1 fully saturated rings. The van der Waals surface area contributed by atoms with E-state index in [1.807, 2.05) is 36.7 Å². The number of piperidine rings is 1. The van der Waals surface area contributed by atoms with Gasteiger partial charge in [0.2, 0.25) is 0 Å². The van der Waals surface area contributed by atoms with Crippen molar-refractivity contribution in [2.45, 2.75) is 32.2 Å². The minimum atomic E-state index is -0.411. The van der Waals surface area contributed by atoms with Crippen LogP contribution in [0.3, 0.4) is 0 Å². The highest BCUT2D eigenvalue weighted by atomic mass is 16.5. The van der Waals surface area contributed by atoms with Gasteiger partial charge in [-0.1, -0.05) is 6.42 Å². The van der Waals surface area contributed by atoms with Crippen LogP contribution in [0, 0.1) is 0 Å². The number of benzene rings is 1. The molecule has 36 heavy (non-hydrogen) atoms. The fraction of sp³-hybridized carbons (Fsp3) is 0.296. The molecule has 1 aliphatic heterocycles. The Morgan fingerprint density at radius 2 is 1.94 bits per heavy atom. The Kier molecular flexibility index (Phi) is 7.58. The molecule has 4 aromatic rings. The van der Waals surface area contributed by atoms with E-state index in [0.29, 0.717) is 17.2 Å². The van der Waals surface area contributed by atoms with Gasteiger partial charge in [0.05, 0.1) is 17.3 Å². The molecule has 2 amide bonds. The second kappa shape index (κ2) is 11.5. The van der Waals surface area contributed by atoms with Crippen LogP contribution in [0.5, 0.6) is 11.5 Å². The second-order valence-corrected chi connectivity index (χ2v) is 8.88. The molecule has 0 radical (unpaired) electrons. The number of ether oxygens (including phenoxy) is 1. The minimum absolute atomic E-state index is 0.411. The first-order valence-electron chi connectivity index (χ1n) is 12.4. The molecular weight excluding hydrogens is 454 g/mol. The molecule has 0 atom stereocenters. The summed E-state index contributed by atoms with van der Waals surface area (Å²) in [6.07, 6.45) is 12.3. The number of amides is 2. The van der Waals surface area contributed by atoms with E-state index < -0.39 is 6.03 Å². The number of pyridine rings is 1. The molecule has 4 heterocycles. The summed E-state index contributed by atoms with van der Waals surface area (Å²) in [5.74, 6) is 1.37. The Morgan fingerprint density at radius 1 is 1.08 bits per heavy atom. The summed E-state index contributed by atoms with van der Waals surface area (Å²) in [5.41, 5.74) is 4.90. The maximum absolute atomic E-state index is 12.3. The van der Waals surface area contributed by atoms with E-state index >= 15 is 0 Å². The quantitative estimate of drug-likeness (QED) is 0.224.